The van der Waals surface area contributed by atoms with E-state index in [4.69, 9.17) is 0 Å². The van der Waals surface area contributed by atoms with Crippen LogP contribution >= 0.6 is 0 Å². The molecule has 0 radical (unpaired) electrons. The van der Waals surface area contributed by atoms with Crippen molar-refractivity contribution in [2.45, 2.75) is 38.1 Å². The van der Waals surface area contributed by atoms with E-state index in [2.05, 4.69) is 15.1 Å². The summed E-state index contributed by atoms with van der Waals surface area (Å²) in [5.41, 5.74) is 0. The van der Waals surface area contributed by atoms with E-state index in [0.717, 1.165) is 12.0 Å². The summed E-state index contributed by atoms with van der Waals surface area (Å²) in [7, 11) is 0. The van der Waals surface area contributed by atoms with Gasteiger partial charge in [-0.3, -0.25) is 4.90 Å². The molecule has 3 aliphatic heterocycles. The number of piperidine rings is 1. The summed E-state index contributed by atoms with van der Waals surface area (Å²) in [5, 5.41) is 3.54. The average Bonchev–Trinajstić information content (AvgIpc) is 3.00. The van der Waals surface area contributed by atoms with Gasteiger partial charge in [-0.2, -0.15) is 0 Å². The first kappa shape index (κ1) is 11.9. The van der Waals surface area contributed by atoms with Gasteiger partial charge in [0.15, 0.2) is 0 Å². The molecule has 0 aromatic rings. The molecular formula is C14H27N3. The lowest BCUT2D eigenvalue weighted by Crippen LogP contribution is -2.39. The van der Waals surface area contributed by atoms with Gasteiger partial charge in [0.25, 0.3) is 0 Å². The molecular weight excluding hydrogens is 210 g/mol. The SMILES string of the molecule is C1CNCC(CN2CCC(N3CCCC3)C2)C1. The maximum atomic E-state index is 3.54. The zero-order chi connectivity index (χ0) is 11.5. The Kier molecular flexibility index (Phi) is 3.99. The van der Waals surface area contributed by atoms with E-state index >= 15 is 0 Å². The maximum Gasteiger partial charge on any atom is 0.0235 e. The van der Waals surface area contributed by atoms with Crippen molar-refractivity contribution in [3.05, 3.63) is 0 Å². The number of nitrogens with zero attached hydrogens (tertiary/aromatic N) is 2. The highest BCUT2D eigenvalue weighted by atomic mass is 15.3. The second kappa shape index (κ2) is 5.68. The number of hydrogen-bond acceptors (Lipinski definition) is 3. The fourth-order valence-corrected chi connectivity index (χ4v) is 3.83. The highest BCUT2D eigenvalue weighted by molar-refractivity contribution is 4.87. The van der Waals surface area contributed by atoms with Crippen LogP contribution in [0.3, 0.4) is 0 Å². The number of nitrogens with one attached hydrogen (secondary N) is 1. The third kappa shape index (κ3) is 3.01. The van der Waals surface area contributed by atoms with Gasteiger partial charge in [-0.05, 0) is 70.7 Å². The zero-order valence-corrected chi connectivity index (χ0v) is 11.0. The molecule has 3 saturated heterocycles. The predicted octanol–water partition coefficient (Wildman–Crippen LogP) is 1.16. The minimum absolute atomic E-state index is 0.883. The molecule has 0 bridgehead atoms. The molecule has 0 aromatic carbocycles. The van der Waals surface area contributed by atoms with Crippen LogP contribution in [0, 0.1) is 5.92 Å². The Morgan fingerprint density at radius 2 is 1.88 bits per heavy atom. The highest BCUT2D eigenvalue weighted by Gasteiger charge is 2.30. The number of hydrogen-bond donors (Lipinski definition) is 1. The zero-order valence-electron chi connectivity index (χ0n) is 11.0. The molecule has 2 atom stereocenters. The minimum atomic E-state index is 0.883. The van der Waals surface area contributed by atoms with Crippen LogP contribution in [0.4, 0.5) is 0 Å². The van der Waals surface area contributed by atoms with Crippen molar-refractivity contribution in [2.75, 3.05) is 45.8 Å². The van der Waals surface area contributed by atoms with Crippen LogP contribution in [0.2, 0.25) is 0 Å². The molecule has 1 N–H and O–H groups in total. The smallest absolute Gasteiger partial charge is 0.0235 e. The van der Waals surface area contributed by atoms with E-state index in [1.807, 2.05) is 0 Å². The van der Waals surface area contributed by atoms with Crippen LogP contribution in [-0.2, 0) is 0 Å². The molecule has 0 aromatic heterocycles. The molecule has 3 rings (SSSR count). The van der Waals surface area contributed by atoms with Crippen LogP contribution in [0.1, 0.15) is 32.1 Å². The van der Waals surface area contributed by atoms with Gasteiger partial charge >= 0.3 is 0 Å². The summed E-state index contributed by atoms with van der Waals surface area (Å²) < 4.78 is 0. The fourth-order valence-electron chi connectivity index (χ4n) is 3.83. The monoisotopic (exact) mass is 237 g/mol. The molecule has 0 saturated carbocycles. The second-order valence-corrected chi connectivity index (χ2v) is 6.16. The van der Waals surface area contributed by atoms with Crippen LogP contribution < -0.4 is 5.32 Å². The molecule has 3 heteroatoms. The Balaban J connectivity index is 1.43. The first-order valence-electron chi connectivity index (χ1n) is 7.59. The van der Waals surface area contributed by atoms with Gasteiger partial charge < -0.3 is 10.2 Å². The number of rotatable bonds is 3. The fraction of sp³-hybridized carbons (Fsp3) is 1.00. The summed E-state index contributed by atoms with van der Waals surface area (Å²) >= 11 is 0. The molecule has 2 unspecified atom stereocenters. The van der Waals surface area contributed by atoms with Crippen molar-refractivity contribution in [1.29, 1.82) is 0 Å². The molecule has 17 heavy (non-hydrogen) atoms. The molecule has 3 nitrogen and oxygen atoms in total. The van der Waals surface area contributed by atoms with E-state index in [9.17, 15) is 0 Å². The highest BCUT2D eigenvalue weighted by Crippen LogP contribution is 2.22. The molecule has 3 aliphatic rings. The first-order chi connectivity index (χ1) is 8.42. The van der Waals surface area contributed by atoms with E-state index < -0.39 is 0 Å². The third-order valence-corrected chi connectivity index (χ3v) is 4.82. The Morgan fingerprint density at radius 3 is 2.65 bits per heavy atom. The van der Waals surface area contributed by atoms with Crippen molar-refractivity contribution < 1.29 is 0 Å². The lowest BCUT2D eigenvalue weighted by Gasteiger charge is -2.28. The summed E-state index contributed by atoms with van der Waals surface area (Å²) in [5.74, 6) is 0.918. The van der Waals surface area contributed by atoms with Crippen molar-refractivity contribution >= 4 is 0 Å². The van der Waals surface area contributed by atoms with Gasteiger partial charge in [-0.15, -0.1) is 0 Å². The predicted molar refractivity (Wildman–Crippen MR) is 71.2 cm³/mol. The Hall–Kier alpha value is -0.120. The van der Waals surface area contributed by atoms with Crippen molar-refractivity contribution in [1.82, 2.24) is 15.1 Å². The van der Waals surface area contributed by atoms with Gasteiger partial charge in [0.05, 0.1) is 0 Å². The van der Waals surface area contributed by atoms with Crippen molar-refractivity contribution in [2.24, 2.45) is 5.92 Å². The van der Waals surface area contributed by atoms with Crippen LogP contribution in [-0.4, -0.2) is 61.7 Å². The largest absolute Gasteiger partial charge is 0.316 e. The van der Waals surface area contributed by atoms with Gasteiger partial charge in [0.2, 0.25) is 0 Å². The van der Waals surface area contributed by atoms with Crippen LogP contribution in [0.5, 0.6) is 0 Å². The minimum Gasteiger partial charge on any atom is -0.316 e. The Morgan fingerprint density at radius 1 is 1.00 bits per heavy atom. The van der Waals surface area contributed by atoms with Crippen molar-refractivity contribution in [3.8, 4) is 0 Å². The first-order valence-corrected chi connectivity index (χ1v) is 7.59. The molecule has 0 aliphatic carbocycles. The van der Waals surface area contributed by atoms with Gasteiger partial charge in [0, 0.05) is 19.1 Å². The van der Waals surface area contributed by atoms with Crippen molar-refractivity contribution in [3.63, 3.8) is 0 Å². The Bertz CT molecular complexity index is 232. The molecule has 0 spiro atoms. The normalized spacial score (nSPS) is 36.7. The van der Waals surface area contributed by atoms with Gasteiger partial charge in [-0.1, -0.05) is 0 Å². The van der Waals surface area contributed by atoms with E-state index in [1.54, 1.807) is 0 Å². The number of likely N-dealkylation sites (tertiary alicyclic amines) is 2. The van der Waals surface area contributed by atoms with Crippen LogP contribution in [0.25, 0.3) is 0 Å². The van der Waals surface area contributed by atoms with E-state index in [0.29, 0.717) is 0 Å². The van der Waals surface area contributed by atoms with Crippen LogP contribution in [0.15, 0.2) is 0 Å². The maximum absolute atomic E-state index is 3.54. The lowest BCUT2D eigenvalue weighted by molar-refractivity contribution is 0.207. The van der Waals surface area contributed by atoms with Gasteiger partial charge in [0.1, 0.15) is 0 Å². The summed E-state index contributed by atoms with van der Waals surface area (Å²) in [4.78, 5) is 5.46. The molecule has 0 amide bonds. The Labute approximate surface area is 106 Å². The summed E-state index contributed by atoms with van der Waals surface area (Å²) in [6.45, 7) is 9.26. The summed E-state index contributed by atoms with van der Waals surface area (Å²) in [6, 6.07) is 0.883. The van der Waals surface area contributed by atoms with E-state index in [-0.39, 0.29) is 0 Å². The van der Waals surface area contributed by atoms with Gasteiger partial charge in [-0.25, -0.2) is 0 Å². The second-order valence-electron chi connectivity index (χ2n) is 6.16. The molecule has 3 fully saturated rings. The quantitative estimate of drug-likeness (QED) is 0.794. The topological polar surface area (TPSA) is 18.5 Å². The standard InChI is InChI=1S/C14H27N3/c1-2-8-17(7-1)14-5-9-16(12-14)11-13-4-3-6-15-10-13/h13-15H,1-12H2. The summed E-state index contributed by atoms with van der Waals surface area (Å²) in [6.07, 6.45) is 7.11. The van der Waals surface area contributed by atoms with E-state index in [1.165, 1.54) is 77.9 Å². The third-order valence-electron chi connectivity index (χ3n) is 4.82. The average molecular weight is 237 g/mol. The molecule has 98 valence electrons. The molecule has 3 heterocycles. The lowest BCUT2D eigenvalue weighted by atomic mass is 9.99.